The number of carbonyl (C=O) groups is 1. The Kier molecular flexibility index (Phi) is 3.14. The van der Waals surface area contributed by atoms with Crippen LogP contribution in [0.25, 0.3) is 0 Å². The summed E-state index contributed by atoms with van der Waals surface area (Å²) in [4.78, 5) is 15.9. The fraction of sp³-hybridized carbons (Fsp3) is 0.714. The molecule has 0 fully saturated rings. The molecule has 2 radical (unpaired) electrons. The second kappa shape index (κ2) is 4.14. The van der Waals surface area contributed by atoms with Crippen LogP contribution in [0.2, 0.25) is 6.32 Å². The Labute approximate surface area is 72.3 Å². The molecule has 0 aromatic carbocycles. The predicted molar refractivity (Wildman–Crippen MR) is 44.1 cm³/mol. The lowest BCUT2D eigenvalue weighted by atomic mass is 9.96. The zero-order chi connectivity index (χ0) is 8.97. The van der Waals surface area contributed by atoms with Crippen molar-refractivity contribution in [1.82, 2.24) is 0 Å². The molecule has 4 nitrogen and oxygen atoms in total. The molecule has 12 heavy (non-hydrogen) atoms. The van der Waals surface area contributed by atoms with E-state index in [4.69, 9.17) is 17.4 Å². The van der Waals surface area contributed by atoms with Crippen LogP contribution >= 0.6 is 0 Å². The Hall–Kier alpha value is -0.995. The van der Waals surface area contributed by atoms with Crippen LogP contribution in [0.5, 0.6) is 0 Å². The Morgan fingerprint density at radius 1 is 1.92 bits per heavy atom. The van der Waals surface area contributed by atoms with E-state index in [-0.39, 0.29) is 6.10 Å². The van der Waals surface area contributed by atoms with Crippen LogP contribution in [0.3, 0.4) is 0 Å². The smallest absolute Gasteiger partial charge is 0.356 e. The number of carbonyl (C=O) groups excluding carboxylic acids is 1. The minimum atomic E-state index is -0.409. The first kappa shape index (κ1) is 9.10. The highest BCUT2D eigenvalue weighted by atomic mass is 16.6. The van der Waals surface area contributed by atoms with Gasteiger partial charge in [0, 0.05) is 6.42 Å². The monoisotopic (exact) mass is 167 g/mol. The summed E-state index contributed by atoms with van der Waals surface area (Å²) in [6, 6.07) is 0. The maximum Gasteiger partial charge on any atom is 0.356 e. The van der Waals surface area contributed by atoms with Crippen molar-refractivity contribution in [3.8, 4) is 0 Å². The minimum Gasteiger partial charge on any atom is -0.461 e. The summed E-state index contributed by atoms with van der Waals surface area (Å²) in [5, 5.41) is 3.57. The second-order valence-electron chi connectivity index (χ2n) is 2.43. The van der Waals surface area contributed by atoms with Gasteiger partial charge in [0.1, 0.15) is 6.10 Å². The van der Waals surface area contributed by atoms with Crippen molar-refractivity contribution >= 4 is 19.5 Å². The molecule has 0 bridgehead atoms. The number of hydrogen-bond donors (Lipinski definition) is 0. The normalized spacial score (nSPS) is 21.4. The Morgan fingerprint density at radius 2 is 2.67 bits per heavy atom. The van der Waals surface area contributed by atoms with Crippen LogP contribution < -0.4 is 0 Å². The first-order valence-electron chi connectivity index (χ1n) is 3.87. The van der Waals surface area contributed by atoms with Crippen LogP contribution in [0.15, 0.2) is 5.16 Å². The third kappa shape index (κ3) is 2.00. The van der Waals surface area contributed by atoms with Crippen molar-refractivity contribution in [2.75, 3.05) is 6.61 Å². The number of rotatable bonds is 3. The lowest BCUT2D eigenvalue weighted by Crippen LogP contribution is -2.17. The van der Waals surface area contributed by atoms with E-state index in [1.807, 2.05) is 0 Å². The maximum atomic E-state index is 11.0. The molecular formula is C7H10BNO3. The molecule has 0 aliphatic carbocycles. The average molecular weight is 167 g/mol. The summed E-state index contributed by atoms with van der Waals surface area (Å²) in [5.74, 6) is -0.409. The maximum absolute atomic E-state index is 11.0. The van der Waals surface area contributed by atoms with E-state index >= 15 is 0 Å². The summed E-state index contributed by atoms with van der Waals surface area (Å²) in [5.41, 5.74) is 0.326. The zero-order valence-corrected chi connectivity index (χ0v) is 6.95. The number of hydrogen-bond acceptors (Lipinski definition) is 4. The molecule has 0 aromatic heterocycles. The Bertz CT molecular complexity index is 205. The largest absolute Gasteiger partial charge is 0.461 e. The van der Waals surface area contributed by atoms with Crippen LogP contribution in [-0.4, -0.2) is 32.2 Å². The fourth-order valence-electron chi connectivity index (χ4n) is 0.890. The minimum absolute atomic E-state index is 0.163. The third-order valence-corrected chi connectivity index (χ3v) is 1.51. The average Bonchev–Trinajstić information content (AvgIpc) is 2.52. The molecule has 1 aliphatic heterocycles. The van der Waals surface area contributed by atoms with Crippen molar-refractivity contribution in [2.24, 2.45) is 5.16 Å². The van der Waals surface area contributed by atoms with Gasteiger partial charge >= 0.3 is 5.97 Å². The lowest BCUT2D eigenvalue weighted by molar-refractivity contribution is -0.135. The second-order valence-corrected chi connectivity index (χ2v) is 2.43. The molecule has 0 amide bonds. The van der Waals surface area contributed by atoms with E-state index in [2.05, 4.69) is 5.16 Å². The van der Waals surface area contributed by atoms with E-state index in [0.29, 0.717) is 25.1 Å². The summed E-state index contributed by atoms with van der Waals surface area (Å²) in [7, 11) is 5.32. The van der Waals surface area contributed by atoms with Gasteiger partial charge in [-0.25, -0.2) is 4.79 Å². The molecule has 1 heterocycles. The number of esters is 1. The fourth-order valence-corrected chi connectivity index (χ4v) is 0.890. The summed E-state index contributed by atoms with van der Waals surface area (Å²) in [6.07, 6.45) is 0.659. The van der Waals surface area contributed by atoms with E-state index in [1.165, 1.54) is 0 Å². The Balaban J connectivity index is 2.40. The van der Waals surface area contributed by atoms with Gasteiger partial charge in [-0.3, -0.25) is 0 Å². The van der Waals surface area contributed by atoms with E-state index in [0.717, 1.165) is 0 Å². The summed E-state index contributed by atoms with van der Waals surface area (Å²) >= 11 is 0. The molecule has 1 unspecified atom stereocenters. The molecule has 64 valence electrons. The van der Waals surface area contributed by atoms with Gasteiger partial charge in [0.15, 0.2) is 5.71 Å². The van der Waals surface area contributed by atoms with Crippen LogP contribution in [0, 0.1) is 0 Å². The third-order valence-electron chi connectivity index (χ3n) is 1.51. The molecule has 0 aromatic rings. The first-order chi connectivity index (χ1) is 5.77. The van der Waals surface area contributed by atoms with Crippen molar-refractivity contribution in [3.63, 3.8) is 0 Å². The van der Waals surface area contributed by atoms with Crippen molar-refractivity contribution in [3.05, 3.63) is 0 Å². The number of oxime groups is 1. The van der Waals surface area contributed by atoms with E-state index in [9.17, 15) is 4.79 Å². The highest BCUT2D eigenvalue weighted by Gasteiger charge is 2.25. The Morgan fingerprint density at radius 3 is 3.17 bits per heavy atom. The van der Waals surface area contributed by atoms with Crippen LogP contribution in [-0.2, 0) is 14.4 Å². The van der Waals surface area contributed by atoms with Gasteiger partial charge in [-0.2, -0.15) is 0 Å². The van der Waals surface area contributed by atoms with Gasteiger partial charge in [-0.1, -0.05) is 5.16 Å². The van der Waals surface area contributed by atoms with Crippen molar-refractivity contribution in [2.45, 2.75) is 25.8 Å². The van der Waals surface area contributed by atoms with Gasteiger partial charge in [0.25, 0.3) is 0 Å². The van der Waals surface area contributed by atoms with Gasteiger partial charge < -0.3 is 9.57 Å². The highest BCUT2D eigenvalue weighted by Crippen LogP contribution is 2.13. The van der Waals surface area contributed by atoms with Gasteiger partial charge in [-0.15, -0.1) is 0 Å². The van der Waals surface area contributed by atoms with Gasteiger partial charge in [0.2, 0.25) is 0 Å². The van der Waals surface area contributed by atoms with Crippen molar-refractivity contribution in [1.29, 1.82) is 0 Å². The molecule has 5 heteroatoms. The van der Waals surface area contributed by atoms with Crippen LogP contribution in [0.1, 0.15) is 13.3 Å². The molecule has 1 atom stereocenters. The lowest BCUT2D eigenvalue weighted by Gasteiger charge is -2.01. The number of nitrogens with zero attached hydrogens (tertiary/aromatic N) is 1. The topological polar surface area (TPSA) is 47.9 Å². The van der Waals surface area contributed by atoms with Crippen molar-refractivity contribution < 1.29 is 14.4 Å². The predicted octanol–water partition coefficient (Wildman–Crippen LogP) is 0.281. The highest BCUT2D eigenvalue weighted by molar-refractivity contribution is 6.36. The van der Waals surface area contributed by atoms with Gasteiger partial charge in [0.05, 0.1) is 14.5 Å². The van der Waals surface area contributed by atoms with E-state index in [1.54, 1.807) is 6.92 Å². The zero-order valence-electron chi connectivity index (χ0n) is 6.95. The van der Waals surface area contributed by atoms with Crippen LogP contribution in [0.4, 0.5) is 0 Å². The van der Waals surface area contributed by atoms with E-state index < -0.39 is 5.97 Å². The molecule has 1 aliphatic rings. The first-order valence-corrected chi connectivity index (χ1v) is 3.87. The molecule has 1 rings (SSSR count). The summed E-state index contributed by atoms with van der Waals surface area (Å²) in [6.45, 7) is 2.10. The standard InChI is InChI=1S/C7H10BNO3/c1-2-11-7(10)6-3-5(4-8)12-9-6/h5H,2-4H2,1H3. The molecular weight excluding hydrogens is 157 g/mol. The van der Waals surface area contributed by atoms with Gasteiger partial charge in [-0.05, 0) is 13.2 Å². The molecule has 0 N–H and O–H groups in total. The number of ether oxygens (including phenoxy) is 1. The summed E-state index contributed by atoms with van der Waals surface area (Å²) < 4.78 is 4.73. The molecule has 0 saturated heterocycles. The quantitative estimate of drug-likeness (QED) is 0.448. The molecule has 0 saturated carbocycles. The molecule has 0 spiro atoms. The SMILES string of the molecule is [B]CC1CC(C(=O)OCC)=NO1.